The highest BCUT2D eigenvalue weighted by atomic mass is 32.2. The summed E-state index contributed by atoms with van der Waals surface area (Å²) in [5.74, 6) is 3.37. The lowest BCUT2D eigenvalue weighted by Crippen LogP contribution is -2.31. The van der Waals surface area contributed by atoms with E-state index in [9.17, 15) is 0 Å². The maximum Gasteiger partial charge on any atom is 0.243 e. The third kappa shape index (κ3) is 4.22. The van der Waals surface area contributed by atoms with E-state index in [1.807, 2.05) is 11.8 Å². The smallest absolute Gasteiger partial charge is 0.243 e. The van der Waals surface area contributed by atoms with Gasteiger partial charge in [-0.15, -0.1) is 0 Å². The Balaban J connectivity index is 1.50. The van der Waals surface area contributed by atoms with Gasteiger partial charge in [-0.2, -0.15) is 16.7 Å². The number of hydrogen-bond acceptors (Lipinski definition) is 5. The second-order valence-corrected chi connectivity index (χ2v) is 7.71. The first-order chi connectivity index (χ1) is 10.3. The highest BCUT2D eigenvalue weighted by Crippen LogP contribution is 2.31. The summed E-state index contributed by atoms with van der Waals surface area (Å²) in [6, 6.07) is 0.268. The molecule has 1 aliphatic heterocycles. The monoisotopic (exact) mass is 309 g/mol. The van der Waals surface area contributed by atoms with Crippen LogP contribution >= 0.6 is 11.8 Å². The molecule has 2 unspecified atom stereocenters. The van der Waals surface area contributed by atoms with Crippen LogP contribution in [-0.2, 0) is 5.75 Å². The van der Waals surface area contributed by atoms with Gasteiger partial charge in [-0.1, -0.05) is 37.8 Å². The number of piperidine rings is 1. The van der Waals surface area contributed by atoms with Crippen molar-refractivity contribution in [2.45, 2.75) is 75.3 Å². The SMILES string of the molecule is CCC1CCNC(c2nc(CSC3CCCCC3)no2)C1. The summed E-state index contributed by atoms with van der Waals surface area (Å²) < 4.78 is 5.50. The van der Waals surface area contributed by atoms with E-state index in [-0.39, 0.29) is 6.04 Å². The number of thioether (sulfide) groups is 1. The number of nitrogens with one attached hydrogen (secondary N) is 1. The van der Waals surface area contributed by atoms with Crippen molar-refractivity contribution < 1.29 is 4.52 Å². The van der Waals surface area contributed by atoms with Gasteiger partial charge in [0.05, 0.1) is 11.8 Å². The van der Waals surface area contributed by atoms with Crippen molar-refractivity contribution in [2.24, 2.45) is 5.92 Å². The molecule has 0 aromatic carbocycles. The zero-order chi connectivity index (χ0) is 14.5. The standard InChI is InChI=1S/C16H27N3OS/c1-2-12-8-9-17-14(10-12)16-18-15(19-20-16)11-21-13-6-4-3-5-7-13/h12-14,17H,2-11H2,1H3. The minimum Gasteiger partial charge on any atom is -0.338 e. The Morgan fingerprint density at radius 1 is 1.24 bits per heavy atom. The van der Waals surface area contributed by atoms with Crippen LogP contribution in [0.25, 0.3) is 0 Å². The third-order valence-electron chi connectivity index (χ3n) is 4.87. The van der Waals surface area contributed by atoms with Crippen molar-refractivity contribution >= 4 is 11.8 Å². The molecular formula is C16H27N3OS. The van der Waals surface area contributed by atoms with Crippen LogP contribution in [0.2, 0.25) is 0 Å². The fourth-order valence-electron chi connectivity index (χ4n) is 3.45. The van der Waals surface area contributed by atoms with Crippen molar-refractivity contribution in [3.05, 3.63) is 11.7 Å². The fourth-order valence-corrected chi connectivity index (χ4v) is 4.62. The van der Waals surface area contributed by atoms with Gasteiger partial charge in [0.25, 0.3) is 0 Å². The molecule has 0 spiro atoms. The van der Waals surface area contributed by atoms with Gasteiger partial charge in [0.2, 0.25) is 5.89 Å². The minimum atomic E-state index is 0.268. The van der Waals surface area contributed by atoms with E-state index in [0.717, 1.165) is 41.6 Å². The molecule has 2 atom stereocenters. The van der Waals surface area contributed by atoms with E-state index in [1.165, 1.54) is 44.9 Å². The van der Waals surface area contributed by atoms with Gasteiger partial charge in [0.15, 0.2) is 5.82 Å². The molecule has 2 aliphatic rings. The number of nitrogens with zero attached hydrogens (tertiary/aromatic N) is 2. The number of hydrogen-bond donors (Lipinski definition) is 1. The Hall–Kier alpha value is -0.550. The molecule has 2 heterocycles. The maximum absolute atomic E-state index is 5.50. The summed E-state index contributed by atoms with van der Waals surface area (Å²) >= 11 is 2.01. The van der Waals surface area contributed by atoms with Crippen molar-refractivity contribution in [1.29, 1.82) is 0 Å². The lowest BCUT2D eigenvalue weighted by atomic mass is 9.90. The lowest BCUT2D eigenvalue weighted by Gasteiger charge is -2.27. The molecule has 0 radical (unpaired) electrons. The molecule has 1 saturated carbocycles. The predicted molar refractivity (Wildman–Crippen MR) is 86.2 cm³/mol. The van der Waals surface area contributed by atoms with Crippen LogP contribution in [0.3, 0.4) is 0 Å². The number of rotatable bonds is 5. The van der Waals surface area contributed by atoms with E-state index in [0.29, 0.717) is 0 Å². The molecule has 2 fully saturated rings. The quantitative estimate of drug-likeness (QED) is 0.888. The van der Waals surface area contributed by atoms with E-state index in [1.54, 1.807) is 0 Å². The largest absolute Gasteiger partial charge is 0.338 e. The fraction of sp³-hybridized carbons (Fsp3) is 0.875. The Bertz CT molecular complexity index is 431. The van der Waals surface area contributed by atoms with E-state index in [4.69, 9.17) is 4.52 Å². The average Bonchev–Trinajstić information content (AvgIpc) is 3.03. The Labute approximate surface area is 131 Å². The molecule has 118 valence electrons. The van der Waals surface area contributed by atoms with Crippen LogP contribution in [0.4, 0.5) is 0 Å². The molecule has 1 saturated heterocycles. The van der Waals surface area contributed by atoms with Gasteiger partial charge >= 0.3 is 0 Å². The van der Waals surface area contributed by atoms with E-state index >= 15 is 0 Å². The molecule has 0 amide bonds. The Morgan fingerprint density at radius 2 is 2.10 bits per heavy atom. The molecule has 1 aromatic heterocycles. The molecule has 0 bridgehead atoms. The van der Waals surface area contributed by atoms with Gasteiger partial charge < -0.3 is 9.84 Å². The maximum atomic E-state index is 5.50. The summed E-state index contributed by atoms with van der Waals surface area (Å²) in [7, 11) is 0. The third-order valence-corrected chi connectivity index (χ3v) is 6.24. The average molecular weight is 309 g/mol. The predicted octanol–water partition coefficient (Wildman–Crippen LogP) is 4.09. The summed E-state index contributed by atoms with van der Waals surface area (Å²) in [4.78, 5) is 4.63. The van der Waals surface area contributed by atoms with Gasteiger partial charge in [-0.25, -0.2) is 0 Å². The summed E-state index contributed by atoms with van der Waals surface area (Å²) in [5.41, 5.74) is 0. The van der Waals surface area contributed by atoms with Crippen LogP contribution in [0, 0.1) is 5.92 Å². The zero-order valence-electron chi connectivity index (χ0n) is 13.0. The van der Waals surface area contributed by atoms with Gasteiger partial charge in [-0.3, -0.25) is 0 Å². The molecule has 1 aromatic rings. The first kappa shape index (κ1) is 15.3. The van der Waals surface area contributed by atoms with Crippen molar-refractivity contribution in [3.63, 3.8) is 0 Å². The summed E-state index contributed by atoms with van der Waals surface area (Å²) in [6.07, 6.45) is 10.6. The van der Waals surface area contributed by atoms with Crippen molar-refractivity contribution in [3.8, 4) is 0 Å². The molecule has 21 heavy (non-hydrogen) atoms. The van der Waals surface area contributed by atoms with Crippen LogP contribution in [0.1, 0.15) is 76.0 Å². The highest BCUT2D eigenvalue weighted by molar-refractivity contribution is 7.99. The summed E-state index contributed by atoms with van der Waals surface area (Å²) in [6.45, 7) is 3.34. The molecule has 1 aliphatic carbocycles. The van der Waals surface area contributed by atoms with Gasteiger partial charge in [0, 0.05) is 5.25 Å². The Kier molecular flexibility index (Phi) is 5.58. The molecular weight excluding hydrogens is 282 g/mol. The van der Waals surface area contributed by atoms with Crippen LogP contribution in [-0.4, -0.2) is 21.9 Å². The second kappa shape index (κ2) is 7.63. The number of aromatic nitrogens is 2. The minimum absolute atomic E-state index is 0.268. The van der Waals surface area contributed by atoms with Gasteiger partial charge in [-0.05, 0) is 38.1 Å². The lowest BCUT2D eigenvalue weighted by molar-refractivity contribution is 0.245. The van der Waals surface area contributed by atoms with Crippen LogP contribution in [0.5, 0.6) is 0 Å². The van der Waals surface area contributed by atoms with Gasteiger partial charge in [0.1, 0.15) is 0 Å². The molecule has 5 heteroatoms. The van der Waals surface area contributed by atoms with Crippen LogP contribution in [0.15, 0.2) is 4.52 Å². The topological polar surface area (TPSA) is 51.0 Å². The second-order valence-electron chi connectivity index (χ2n) is 6.43. The highest BCUT2D eigenvalue weighted by Gasteiger charge is 2.26. The Morgan fingerprint density at radius 3 is 2.90 bits per heavy atom. The molecule has 1 N–H and O–H groups in total. The van der Waals surface area contributed by atoms with Crippen molar-refractivity contribution in [1.82, 2.24) is 15.5 Å². The molecule has 3 rings (SSSR count). The van der Waals surface area contributed by atoms with E-state index in [2.05, 4.69) is 22.4 Å². The summed E-state index contributed by atoms with van der Waals surface area (Å²) in [5, 5.41) is 8.50. The first-order valence-electron chi connectivity index (χ1n) is 8.52. The van der Waals surface area contributed by atoms with Crippen molar-refractivity contribution in [2.75, 3.05) is 6.54 Å². The normalized spacial score (nSPS) is 27.9. The van der Waals surface area contributed by atoms with E-state index < -0.39 is 0 Å². The molecule has 4 nitrogen and oxygen atoms in total. The van der Waals surface area contributed by atoms with Crippen LogP contribution < -0.4 is 5.32 Å². The zero-order valence-corrected chi connectivity index (χ0v) is 13.8. The first-order valence-corrected chi connectivity index (χ1v) is 9.57.